The molecule has 3 nitrogen and oxygen atoms in total. The second-order valence-corrected chi connectivity index (χ2v) is 4.56. The molecule has 1 unspecified atom stereocenters. The van der Waals surface area contributed by atoms with E-state index in [2.05, 4.69) is 11.1 Å². The molecule has 2 aromatic heterocycles. The largest absolute Gasteiger partial charge is 0.291 e. The van der Waals surface area contributed by atoms with Crippen LogP contribution < -0.4 is 0 Å². The maximum Gasteiger partial charge on any atom is 0.194 e. The number of nitrogens with zero attached hydrogens (tertiary/aromatic N) is 2. The third-order valence-electron chi connectivity index (χ3n) is 2.49. The van der Waals surface area contributed by atoms with E-state index in [9.17, 15) is 4.79 Å². The fourth-order valence-corrected chi connectivity index (χ4v) is 2.48. The van der Waals surface area contributed by atoms with E-state index in [1.807, 2.05) is 18.4 Å². The molecule has 0 saturated carbocycles. The van der Waals surface area contributed by atoms with Gasteiger partial charge in [0.05, 0.1) is 10.9 Å². The molecule has 0 spiro atoms. The number of hydrogen-bond donors (Lipinski definition) is 0. The first-order chi connectivity index (χ1) is 8.24. The summed E-state index contributed by atoms with van der Waals surface area (Å²) >= 11 is 1.37. The third-order valence-corrected chi connectivity index (χ3v) is 3.53. The lowest BCUT2D eigenvalue weighted by atomic mass is 9.96. The third kappa shape index (κ3) is 2.24. The molecule has 0 bridgehead atoms. The van der Waals surface area contributed by atoms with Crippen molar-refractivity contribution in [1.29, 1.82) is 5.26 Å². The fourth-order valence-electron chi connectivity index (χ4n) is 1.59. The van der Waals surface area contributed by atoms with Crippen LogP contribution in [0.15, 0.2) is 36.0 Å². The van der Waals surface area contributed by atoms with Crippen LogP contribution in [0.2, 0.25) is 0 Å². The van der Waals surface area contributed by atoms with Gasteiger partial charge in [0.2, 0.25) is 0 Å². The van der Waals surface area contributed by atoms with Gasteiger partial charge in [-0.25, -0.2) is 0 Å². The molecular weight excluding hydrogens is 232 g/mol. The van der Waals surface area contributed by atoms with Crippen LogP contribution in [0.4, 0.5) is 0 Å². The predicted octanol–water partition coefficient (Wildman–Crippen LogP) is 2.94. The van der Waals surface area contributed by atoms with Crippen LogP contribution in [-0.4, -0.2) is 10.8 Å². The van der Waals surface area contributed by atoms with Gasteiger partial charge in [-0.3, -0.25) is 9.78 Å². The minimum Gasteiger partial charge on any atom is -0.291 e. The van der Waals surface area contributed by atoms with Gasteiger partial charge < -0.3 is 0 Å². The zero-order valence-electron chi connectivity index (χ0n) is 9.25. The summed E-state index contributed by atoms with van der Waals surface area (Å²) < 4.78 is 0. The summed E-state index contributed by atoms with van der Waals surface area (Å²) in [5.74, 6) is -0.908. The highest BCUT2D eigenvalue weighted by Crippen LogP contribution is 2.25. The summed E-state index contributed by atoms with van der Waals surface area (Å²) in [6.07, 6.45) is 3.19. The zero-order valence-corrected chi connectivity index (χ0v) is 10.1. The van der Waals surface area contributed by atoms with Crippen LogP contribution in [0.3, 0.4) is 0 Å². The Bertz CT molecular complexity index is 569. The number of aromatic nitrogens is 1. The smallest absolute Gasteiger partial charge is 0.194 e. The summed E-state index contributed by atoms with van der Waals surface area (Å²) in [5, 5.41) is 11.0. The van der Waals surface area contributed by atoms with Crippen molar-refractivity contribution < 1.29 is 4.79 Å². The van der Waals surface area contributed by atoms with Gasteiger partial charge in [-0.15, -0.1) is 11.3 Å². The van der Waals surface area contributed by atoms with E-state index in [-0.39, 0.29) is 5.78 Å². The maximum absolute atomic E-state index is 12.2. The van der Waals surface area contributed by atoms with Crippen LogP contribution in [0.5, 0.6) is 0 Å². The second kappa shape index (κ2) is 4.89. The fraction of sp³-hybridized carbons (Fsp3) is 0.154. The summed E-state index contributed by atoms with van der Waals surface area (Å²) in [4.78, 5) is 16.8. The van der Waals surface area contributed by atoms with Gasteiger partial charge in [0, 0.05) is 12.4 Å². The second-order valence-electron chi connectivity index (χ2n) is 3.65. The van der Waals surface area contributed by atoms with Gasteiger partial charge >= 0.3 is 0 Å². The number of rotatable bonds is 3. The molecule has 0 radical (unpaired) electrons. The van der Waals surface area contributed by atoms with Crippen molar-refractivity contribution in [2.24, 2.45) is 0 Å². The first-order valence-corrected chi connectivity index (χ1v) is 6.00. The van der Waals surface area contributed by atoms with Crippen LogP contribution in [-0.2, 0) is 0 Å². The lowest BCUT2D eigenvalue weighted by molar-refractivity contribution is 0.0982. The molecule has 0 aromatic carbocycles. The van der Waals surface area contributed by atoms with Crippen molar-refractivity contribution in [3.8, 4) is 6.07 Å². The summed E-state index contributed by atoms with van der Waals surface area (Å²) in [6.45, 7) is 1.88. The van der Waals surface area contributed by atoms with Crippen molar-refractivity contribution in [2.75, 3.05) is 0 Å². The number of Topliss-reactive ketones (excluding diaryl/α,β-unsaturated/α-hetero) is 1. The average Bonchev–Trinajstić information content (AvgIpc) is 2.77. The van der Waals surface area contributed by atoms with E-state index in [0.29, 0.717) is 10.4 Å². The Balaban J connectivity index is 2.36. The van der Waals surface area contributed by atoms with Gasteiger partial charge in [-0.1, -0.05) is 6.07 Å². The lowest BCUT2D eigenvalue weighted by Gasteiger charge is -2.07. The Morgan fingerprint density at radius 2 is 2.35 bits per heavy atom. The Morgan fingerprint density at radius 1 is 1.53 bits per heavy atom. The van der Waals surface area contributed by atoms with Crippen LogP contribution in [0.1, 0.15) is 26.7 Å². The van der Waals surface area contributed by atoms with Gasteiger partial charge in [0.15, 0.2) is 5.78 Å². The summed E-state index contributed by atoms with van der Waals surface area (Å²) in [5.41, 5.74) is 1.57. The van der Waals surface area contributed by atoms with E-state index < -0.39 is 5.92 Å². The molecule has 0 saturated heterocycles. The number of ketones is 1. The summed E-state index contributed by atoms with van der Waals surface area (Å²) in [6, 6.07) is 7.42. The first-order valence-electron chi connectivity index (χ1n) is 5.12. The molecule has 0 aliphatic rings. The van der Waals surface area contributed by atoms with Crippen LogP contribution >= 0.6 is 11.3 Å². The number of thiophene rings is 1. The Hall–Kier alpha value is -1.99. The van der Waals surface area contributed by atoms with Gasteiger partial charge in [-0.05, 0) is 35.6 Å². The number of nitriles is 1. The standard InChI is InChI=1S/C13H10N2OS/c1-9-4-6-17-13(9)12(16)11(7-14)10-3-2-5-15-8-10/h2-6,8,11H,1H3. The van der Waals surface area contributed by atoms with Crippen molar-refractivity contribution in [3.05, 3.63) is 52.0 Å². The Morgan fingerprint density at radius 3 is 2.88 bits per heavy atom. The highest BCUT2D eigenvalue weighted by Gasteiger charge is 2.23. The zero-order chi connectivity index (χ0) is 12.3. The number of carbonyl (C=O) groups is 1. The van der Waals surface area contributed by atoms with Gasteiger partial charge in [-0.2, -0.15) is 5.26 Å². The van der Waals surface area contributed by atoms with E-state index in [4.69, 9.17) is 5.26 Å². The van der Waals surface area contributed by atoms with Crippen LogP contribution in [0, 0.1) is 18.3 Å². The van der Waals surface area contributed by atoms with Gasteiger partial charge in [0.25, 0.3) is 0 Å². The number of aryl methyl sites for hydroxylation is 1. The molecule has 0 N–H and O–H groups in total. The van der Waals surface area contributed by atoms with Crippen LogP contribution in [0.25, 0.3) is 0 Å². The van der Waals surface area contributed by atoms with Crippen molar-refractivity contribution in [2.45, 2.75) is 12.8 Å². The number of pyridine rings is 1. The molecule has 0 aliphatic carbocycles. The molecule has 2 aromatic rings. The normalized spacial score (nSPS) is 11.8. The maximum atomic E-state index is 12.2. The SMILES string of the molecule is Cc1ccsc1C(=O)C(C#N)c1cccnc1. The minimum atomic E-state index is -0.763. The highest BCUT2D eigenvalue weighted by atomic mass is 32.1. The van der Waals surface area contributed by atoms with E-state index in [1.165, 1.54) is 11.3 Å². The molecular formula is C13H10N2OS. The highest BCUT2D eigenvalue weighted by molar-refractivity contribution is 7.12. The molecule has 0 aliphatic heterocycles. The molecule has 17 heavy (non-hydrogen) atoms. The van der Waals surface area contributed by atoms with Crippen molar-refractivity contribution in [1.82, 2.24) is 4.98 Å². The average molecular weight is 242 g/mol. The summed E-state index contributed by atoms with van der Waals surface area (Å²) in [7, 11) is 0. The predicted molar refractivity (Wildman–Crippen MR) is 66.0 cm³/mol. The topological polar surface area (TPSA) is 53.8 Å². The minimum absolute atomic E-state index is 0.145. The molecule has 84 valence electrons. The van der Waals surface area contributed by atoms with Crippen molar-refractivity contribution >= 4 is 17.1 Å². The number of hydrogen-bond acceptors (Lipinski definition) is 4. The quantitative estimate of drug-likeness (QED) is 0.777. The number of carbonyl (C=O) groups excluding carboxylic acids is 1. The molecule has 0 amide bonds. The molecule has 2 rings (SSSR count). The Labute approximate surface area is 103 Å². The molecule has 0 fully saturated rings. The van der Waals surface area contributed by atoms with E-state index >= 15 is 0 Å². The Kier molecular flexibility index (Phi) is 3.31. The van der Waals surface area contributed by atoms with Crippen molar-refractivity contribution in [3.63, 3.8) is 0 Å². The van der Waals surface area contributed by atoms with E-state index in [1.54, 1.807) is 24.5 Å². The monoisotopic (exact) mass is 242 g/mol. The van der Waals surface area contributed by atoms with E-state index in [0.717, 1.165) is 5.56 Å². The van der Waals surface area contributed by atoms with Gasteiger partial charge in [0.1, 0.15) is 5.92 Å². The molecule has 1 atom stereocenters. The molecule has 2 heterocycles. The first kappa shape index (κ1) is 11.5. The molecule has 4 heteroatoms. The lowest BCUT2D eigenvalue weighted by Crippen LogP contribution is -2.11.